The molecule has 0 amide bonds. The third-order valence-electron chi connectivity index (χ3n) is 4.63. The summed E-state index contributed by atoms with van der Waals surface area (Å²) in [7, 11) is 4.02. The highest BCUT2D eigenvalue weighted by Gasteiger charge is 2.36. The lowest BCUT2D eigenvalue weighted by atomic mass is 9.70. The van der Waals surface area contributed by atoms with E-state index in [0.717, 1.165) is 12.9 Å². The van der Waals surface area contributed by atoms with Crippen LogP contribution >= 0.6 is 23.2 Å². The Kier molecular flexibility index (Phi) is 6.46. The van der Waals surface area contributed by atoms with Gasteiger partial charge in [0.25, 0.3) is 0 Å². The third kappa shape index (κ3) is 4.18. The maximum atomic E-state index is 6.27. The summed E-state index contributed by atoms with van der Waals surface area (Å²) in [6.07, 6.45) is 7.07. The van der Waals surface area contributed by atoms with Gasteiger partial charge in [0.1, 0.15) is 0 Å². The predicted octanol–water partition coefficient (Wildman–Crippen LogP) is 4.84. The molecule has 1 unspecified atom stereocenters. The fourth-order valence-corrected chi connectivity index (χ4v) is 3.91. The molecule has 1 saturated heterocycles. The summed E-state index contributed by atoms with van der Waals surface area (Å²) in [4.78, 5) is 2.61. The van der Waals surface area contributed by atoms with Crippen molar-refractivity contribution in [3.05, 3.63) is 33.8 Å². The number of piperidine rings is 1. The second-order valence-corrected chi connectivity index (χ2v) is 7.06. The van der Waals surface area contributed by atoms with Crippen molar-refractivity contribution >= 4 is 31.0 Å². The molecular formula is C17H25BCl2N. The highest BCUT2D eigenvalue weighted by Crippen LogP contribution is 2.40. The van der Waals surface area contributed by atoms with Gasteiger partial charge in [0, 0.05) is 12.0 Å². The molecule has 1 nitrogen and oxygen atoms in total. The van der Waals surface area contributed by atoms with E-state index in [0.29, 0.717) is 10.0 Å². The highest BCUT2D eigenvalue weighted by atomic mass is 35.5. The van der Waals surface area contributed by atoms with Gasteiger partial charge in [0.15, 0.2) is 0 Å². The number of nitrogens with zero attached hydrogens (tertiary/aromatic N) is 1. The predicted molar refractivity (Wildman–Crippen MR) is 95.3 cm³/mol. The summed E-state index contributed by atoms with van der Waals surface area (Å²) in [5.41, 5.74) is 1.57. The molecule has 0 saturated carbocycles. The van der Waals surface area contributed by atoms with Gasteiger partial charge in [-0.3, -0.25) is 0 Å². The van der Waals surface area contributed by atoms with Crippen molar-refractivity contribution in [3.8, 4) is 0 Å². The SMILES string of the molecule is [BH]CCCC1(c2ccc(Cl)c(Cl)c2)CCCN(CCC)C1. The van der Waals surface area contributed by atoms with Gasteiger partial charge in [0.05, 0.1) is 17.9 Å². The Balaban J connectivity index is 2.29. The summed E-state index contributed by atoms with van der Waals surface area (Å²) >= 11 is 12.4. The first-order valence-corrected chi connectivity index (χ1v) is 8.84. The van der Waals surface area contributed by atoms with Crippen LogP contribution in [0.4, 0.5) is 0 Å². The van der Waals surface area contributed by atoms with Crippen molar-refractivity contribution in [2.45, 2.75) is 50.8 Å². The van der Waals surface area contributed by atoms with Crippen molar-refractivity contribution < 1.29 is 0 Å². The Hall–Kier alpha value is -0.175. The van der Waals surface area contributed by atoms with Crippen LogP contribution in [0.25, 0.3) is 0 Å². The number of benzene rings is 1. The Morgan fingerprint density at radius 2 is 2.10 bits per heavy atom. The molecule has 1 fully saturated rings. The first-order chi connectivity index (χ1) is 10.1. The zero-order chi connectivity index (χ0) is 15.3. The second kappa shape index (κ2) is 7.90. The summed E-state index contributed by atoms with van der Waals surface area (Å²) in [5, 5.41) is 1.32. The summed E-state index contributed by atoms with van der Waals surface area (Å²) < 4.78 is 0. The number of halogens is 2. The monoisotopic (exact) mass is 324 g/mol. The van der Waals surface area contributed by atoms with Crippen LogP contribution in [0.3, 0.4) is 0 Å². The van der Waals surface area contributed by atoms with Crippen LogP contribution in [-0.2, 0) is 5.41 Å². The molecule has 0 N–H and O–H groups in total. The van der Waals surface area contributed by atoms with Gasteiger partial charge in [-0.2, -0.15) is 0 Å². The molecule has 1 aliphatic rings. The molecule has 4 heteroatoms. The van der Waals surface area contributed by atoms with Crippen LogP contribution in [-0.4, -0.2) is 32.4 Å². The van der Waals surface area contributed by atoms with Gasteiger partial charge in [-0.25, -0.2) is 0 Å². The van der Waals surface area contributed by atoms with Crippen LogP contribution in [0.15, 0.2) is 18.2 Å². The number of hydrogen-bond donors (Lipinski definition) is 0. The van der Waals surface area contributed by atoms with E-state index in [1.165, 1.54) is 50.8 Å². The highest BCUT2D eigenvalue weighted by molar-refractivity contribution is 6.42. The average Bonchev–Trinajstić information content (AvgIpc) is 2.48. The molecule has 0 spiro atoms. The van der Waals surface area contributed by atoms with Crippen LogP contribution in [0, 0.1) is 0 Å². The normalized spacial score (nSPS) is 23.4. The first-order valence-electron chi connectivity index (χ1n) is 8.08. The Morgan fingerprint density at radius 3 is 2.76 bits per heavy atom. The summed E-state index contributed by atoms with van der Waals surface area (Å²) in [5.74, 6) is 0. The molecule has 0 aromatic heterocycles. The van der Waals surface area contributed by atoms with E-state index < -0.39 is 0 Å². The van der Waals surface area contributed by atoms with E-state index in [1.54, 1.807) is 0 Å². The minimum Gasteiger partial charge on any atom is -0.302 e. The number of likely N-dealkylation sites (tertiary alicyclic amines) is 1. The molecule has 1 atom stereocenters. The van der Waals surface area contributed by atoms with Crippen molar-refractivity contribution in [1.29, 1.82) is 0 Å². The maximum absolute atomic E-state index is 6.27. The zero-order valence-corrected chi connectivity index (χ0v) is 14.5. The van der Waals surface area contributed by atoms with E-state index in [2.05, 4.69) is 31.8 Å². The lowest BCUT2D eigenvalue weighted by molar-refractivity contribution is 0.138. The smallest absolute Gasteiger partial charge is 0.0865 e. The molecular weight excluding hydrogens is 300 g/mol. The van der Waals surface area contributed by atoms with E-state index in [4.69, 9.17) is 23.2 Å². The van der Waals surface area contributed by atoms with Crippen molar-refractivity contribution in [2.75, 3.05) is 19.6 Å². The van der Waals surface area contributed by atoms with Gasteiger partial charge in [-0.15, -0.1) is 0 Å². The molecule has 1 aliphatic heterocycles. The third-order valence-corrected chi connectivity index (χ3v) is 5.37. The topological polar surface area (TPSA) is 3.24 Å². The molecule has 1 aromatic carbocycles. The fourth-order valence-electron chi connectivity index (χ4n) is 3.61. The van der Waals surface area contributed by atoms with E-state index >= 15 is 0 Å². The Morgan fingerprint density at radius 1 is 1.29 bits per heavy atom. The lowest BCUT2D eigenvalue weighted by Gasteiger charge is -2.44. The Labute approximate surface area is 140 Å². The van der Waals surface area contributed by atoms with Crippen molar-refractivity contribution in [2.24, 2.45) is 0 Å². The molecule has 0 bridgehead atoms. The van der Waals surface area contributed by atoms with E-state index in [9.17, 15) is 0 Å². The van der Waals surface area contributed by atoms with Gasteiger partial charge >= 0.3 is 0 Å². The number of rotatable bonds is 6. The van der Waals surface area contributed by atoms with Crippen LogP contribution < -0.4 is 0 Å². The van der Waals surface area contributed by atoms with E-state index in [1.807, 2.05) is 6.07 Å². The van der Waals surface area contributed by atoms with Gasteiger partial charge in [-0.05, 0) is 56.5 Å². The molecule has 1 radical (unpaired) electrons. The first kappa shape index (κ1) is 17.2. The minimum atomic E-state index is 0.222. The molecule has 0 aliphatic carbocycles. The molecule has 21 heavy (non-hydrogen) atoms. The van der Waals surface area contributed by atoms with Crippen LogP contribution in [0.5, 0.6) is 0 Å². The lowest BCUT2D eigenvalue weighted by Crippen LogP contribution is -2.46. The zero-order valence-electron chi connectivity index (χ0n) is 13.0. The van der Waals surface area contributed by atoms with Crippen LogP contribution in [0.1, 0.15) is 44.6 Å². The van der Waals surface area contributed by atoms with Gasteiger partial charge < -0.3 is 4.90 Å². The molecule has 2 rings (SSSR count). The van der Waals surface area contributed by atoms with Crippen molar-refractivity contribution in [3.63, 3.8) is 0 Å². The van der Waals surface area contributed by atoms with E-state index in [-0.39, 0.29) is 5.41 Å². The van der Waals surface area contributed by atoms with Crippen molar-refractivity contribution in [1.82, 2.24) is 4.90 Å². The van der Waals surface area contributed by atoms with Crippen LogP contribution in [0.2, 0.25) is 16.4 Å². The molecule has 1 heterocycles. The summed E-state index contributed by atoms with van der Waals surface area (Å²) in [6, 6.07) is 6.21. The summed E-state index contributed by atoms with van der Waals surface area (Å²) in [6.45, 7) is 5.80. The fraction of sp³-hybridized carbons (Fsp3) is 0.647. The number of hydrogen-bond acceptors (Lipinski definition) is 1. The average molecular weight is 325 g/mol. The molecule has 1 aromatic rings. The van der Waals surface area contributed by atoms with Gasteiger partial charge in [0.2, 0.25) is 0 Å². The largest absolute Gasteiger partial charge is 0.302 e. The molecule has 115 valence electrons. The minimum absolute atomic E-state index is 0.222. The maximum Gasteiger partial charge on any atom is 0.0865 e. The quantitative estimate of drug-likeness (QED) is 0.677. The second-order valence-electron chi connectivity index (χ2n) is 6.25. The Bertz CT molecular complexity index is 464. The standard InChI is InChI=1S/C17H25BCl2N/c1-2-10-21-11-4-8-17(13-21,7-3-9-18)14-5-6-15(19)16(20)12-14/h5-6,12,18H,2-4,7-11,13H2,1H3. The van der Waals surface area contributed by atoms with Gasteiger partial charge in [-0.1, -0.05) is 48.9 Å².